The largest absolute Gasteiger partial charge is 0.481 e. The molecule has 2 aliphatic rings. The van der Waals surface area contributed by atoms with Gasteiger partial charge in [0, 0.05) is 6.07 Å². The van der Waals surface area contributed by atoms with E-state index in [1.807, 2.05) is 0 Å². The van der Waals surface area contributed by atoms with E-state index in [1.54, 1.807) is 0 Å². The second kappa shape index (κ2) is 5.27. The van der Waals surface area contributed by atoms with E-state index in [4.69, 9.17) is 9.47 Å². The van der Waals surface area contributed by atoms with Crippen molar-refractivity contribution in [3.63, 3.8) is 0 Å². The van der Waals surface area contributed by atoms with Crippen molar-refractivity contribution in [1.29, 1.82) is 0 Å². The molecule has 2 fully saturated rings. The van der Waals surface area contributed by atoms with E-state index in [-0.39, 0.29) is 23.0 Å². The standard InChI is InChI=1S/C13H16N2O5S/c1-19-12-5-3-9(7-14-12)21(17,18)15-13(16)10-6-8-2-4-11(10)20-8/h3,5,7-8,10-11H,2,4,6H2,1H3,(H,15,16)/t8-,10-,11+/m1/s1. The fraction of sp³-hybridized carbons (Fsp3) is 0.538. The average molecular weight is 312 g/mol. The van der Waals surface area contributed by atoms with E-state index in [1.165, 1.54) is 19.2 Å². The van der Waals surface area contributed by atoms with Gasteiger partial charge in [0.15, 0.2) is 0 Å². The molecule has 3 heterocycles. The van der Waals surface area contributed by atoms with Crippen LogP contribution in [-0.2, 0) is 19.6 Å². The van der Waals surface area contributed by atoms with Crippen LogP contribution >= 0.6 is 0 Å². The Labute approximate surface area is 122 Å². The number of aromatic nitrogens is 1. The SMILES string of the molecule is COc1ccc(S(=O)(=O)NC(=O)[C@@H]2C[C@H]3CC[C@@H]2O3)cn1. The van der Waals surface area contributed by atoms with Gasteiger partial charge in [-0.3, -0.25) is 4.79 Å². The quantitative estimate of drug-likeness (QED) is 0.868. The van der Waals surface area contributed by atoms with E-state index >= 15 is 0 Å². The number of hydrogen-bond donors (Lipinski definition) is 1. The Morgan fingerprint density at radius 2 is 2.24 bits per heavy atom. The molecule has 2 aliphatic heterocycles. The Morgan fingerprint density at radius 3 is 2.76 bits per heavy atom. The summed E-state index contributed by atoms with van der Waals surface area (Å²) >= 11 is 0. The molecule has 114 valence electrons. The lowest BCUT2D eigenvalue weighted by atomic mass is 9.89. The summed E-state index contributed by atoms with van der Waals surface area (Å²) in [7, 11) is -2.47. The molecule has 2 saturated heterocycles. The van der Waals surface area contributed by atoms with Crippen LogP contribution in [0.3, 0.4) is 0 Å². The molecule has 0 saturated carbocycles. The minimum atomic E-state index is -3.91. The summed E-state index contributed by atoms with van der Waals surface area (Å²) in [6.45, 7) is 0. The molecule has 7 nitrogen and oxygen atoms in total. The molecule has 0 radical (unpaired) electrons. The van der Waals surface area contributed by atoms with Crippen molar-refractivity contribution in [2.24, 2.45) is 5.92 Å². The highest BCUT2D eigenvalue weighted by atomic mass is 32.2. The van der Waals surface area contributed by atoms with Gasteiger partial charge >= 0.3 is 0 Å². The minimum Gasteiger partial charge on any atom is -0.481 e. The van der Waals surface area contributed by atoms with E-state index in [9.17, 15) is 13.2 Å². The summed E-state index contributed by atoms with van der Waals surface area (Å²) in [5.41, 5.74) is 0. The maximum Gasteiger partial charge on any atom is 0.265 e. The Bertz CT molecular complexity index is 643. The number of methoxy groups -OCH3 is 1. The second-order valence-electron chi connectivity index (χ2n) is 5.22. The number of carbonyl (C=O) groups is 1. The highest BCUT2D eigenvalue weighted by Crippen LogP contribution is 2.38. The summed E-state index contributed by atoms with van der Waals surface area (Å²) in [6.07, 6.45) is 3.45. The van der Waals surface area contributed by atoms with Crippen molar-refractivity contribution in [1.82, 2.24) is 9.71 Å². The average Bonchev–Trinajstić information content (AvgIpc) is 3.09. The van der Waals surface area contributed by atoms with Gasteiger partial charge in [0.25, 0.3) is 10.0 Å². The summed E-state index contributed by atoms with van der Waals surface area (Å²) in [5, 5.41) is 0. The van der Waals surface area contributed by atoms with Gasteiger partial charge in [0.1, 0.15) is 4.90 Å². The van der Waals surface area contributed by atoms with Crippen molar-refractivity contribution < 1.29 is 22.7 Å². The highest BCUT2D eigenvalue weighted by Gasteiger charge is 2.45. The summed E-state index contributed by atoms with van der Waals surface area (Å²) in [6, 6.07) is 2.78. The van der Waals surface area contributed by atoms with Crippen LogP contribution < -0.4 is 9.46 Å². The fourth-order valence-corrected chi connectivity index (χ4v) is 3.80. The number of nitrogens with one attached hydrogen (secondary N) is 1. The number of carbonyl (C=O) groups excluding carboxylic acids is 1. The van der Waals surface area contributed by atoms with Crippen LogP contribution in [-0.4, -0.2) is 38.6 Å². The van der Waals surface area contributed by atoms with E-state index < -0.39 is 15.9 Å². The number of fused-ring (bicyclic) bond motifs is 2. The third kappa shape index (κ3) is 2.73. The first-order valence-corrected chi connectivity index (χ1v) is 8.20. The first kappa shape index (κ1) is 14.3. The smallest absolute Gasteiger partial charge is 0.265 e. The van der Waals surface area contributed by atoms with Crippen LogP contribution in [0.1, 0.15) is 19.3 Å². The van der Waals surface area contributed by atoms with Crippen LogP contribution in [0.2, 0.25) is 0 Å². The molecule has 3 atom stereocenters. The van der Waals surface area contributed by atoms with E-state index in [2.05, 4.69) is 9.71 Å². The molecular weight excluding hydrogens is 296 g/mol. The van der Waals surface area contributed by atoms with Crippen molar-refractivity contribution in [2.75, 3.05) is 7.11 Å². The zero-order valence-electron chi connectivity index (χ0n) is 11.5. The summed E-state index contributed by atoms with van der Waals surface area (Å²) < 4.78 is 36.9. The number of amides is 1. The lowest BCUT2D eigenvalue weighted by Crippen LogP contribution is -2.39. The van der Waals surface area contributed by atoms with Gasteiger partial charge in [-0.25, -0.2) is 18.1 Å². The highest BCUT2D eigenvalue weighted by molar-refractivity contribution is 7.90. The van der Waals surface area contributed by atoms with Gasteiger partial charge in [-0.1, -0.05) is 0 Å². The van der Waals surface area contributed by atoms with Gasteiger partial charge in [0.05, 0.1) is 31.4 Å². The molecule has 0 spiro atoms. The fourth-order valence-electron chi connectivity index (χ4n) is 2.83. The normalized spacial score (nSPS) is 27.6. The van der Waals surface area contributed by atoms with E-state index in [0.29, 0.717) is 12.3 Å². The van der Waals surface area contributed by atoms with Crippen LogP contribution in [0.5, 0.6) is 5.88 Å². The number of sulfonamides is 1. The molecule has 0 unspecified atom stereocenters. The Hall–Kier alpha value is -1.67. The van der Waals surface area contributed by atoms with Crippen LogP contribution in [0.25, 0.3) is 0 Å². The molecule has 3 rings (SSSR count). The molecule has 1 aromatic heterocycles. The molecular formula is C13H16N2O5S. The number of pyridine rings is 1. The predicted octanol–water partition coefficient (Wildman–Crippen LogP) is 0.463. The van der Waals surface area contributed by atoms with Gasteiger partial charge in [0.2, 0.25) is 11.8 Å². The molecule has 2 bridgehead atoms. The second-order valence-corrected chi connectivity index (χ2v) is 6.90. The van der Waals surface area contributed by atoms with Gasteiger partial charge in [-0.2, -0.15) is 0 Å². The molecule has 0 aromatic carbocycles. The minimum absolute atomic E-state index is 0.0688. The van der Waals surface area contributed by atoms with Crippen LogP contribution in [0, 0.1) is 5.92 Å². The Kier molecular flexibility index (Phi) is 3.58. The van der Waals surface area contributed by atoms with Crippen molar-refractivity contribution in [3.8, 4) is 5.88 Å². The molecule has 1 N–H and O–H groups in total. The van der Waals surface area contributed by atoms with Crippen LogP contribution in [0.15, 0.2) is 23.2 Å². The number of ether oxygens (including phenoxy) is 2. The zero-order valence-corrected chi connectivity index (χ0v) is 12.3. The lowest BCUT2D eigenvalue weighted by Gasteiger charge is -2.17. The molecule has 21 heavy (non-hydrogen) atoms. The van der Waals surface area contributed by atoms with Gasteiger partial charge in [-0.15, -0.1) is 0 Å². The number of hydrogen-bond acceptors (Lipinski definition) is 6. The van der Waals surface area contributed by atoms with Crippen LogP contribution in [0.4, 0.5) is 0 Å². The topological polar surface area (TPSA) is 94.6 Å². The molecule has 1 amide bonds. The van der Waals surface area contributed by atoms with Crippen molar-refractivity contribution >= 4 is 15.9 Å². The summed E-state index contributed by atoms with van der Waals surface area (Å²) in [4.78, 5) is 15.9. The lowest BCUT2D eigenvalue weighted by molar-refractivity contribution is -0.124. The third-order valence-corrected chi connectivity index (χ3v) is 5.24. The first-order chi connectivity index (χ1) is 9.99. The monoisotopic (exact) mass is 312 g/mol. The molecule has 8 heteroatoms. The first-order valence-electron chi connectivity index (χ1n) is 6.72. The maximum absolute atomic E-state index is 12.2. The Morgan fingerprint density at radius 1 is 1.43 bits per heavy atom. The predicted molar refractivity (Wildman–Crippen MR) is 72.1 cm³/mol. The van der Waals surface area contributed by atoms with Gasteiger partial charge in [-0.05, 0) is 25.3 Å². The zero-order chi connectivity index (χ0) is 15.0. The van der Waals surface area contributed by atoms with E-state index in [0.717, 1.165) is 19.0 Å². The molecule has 1 aromatic rings. The van der Waals surface area contributed by atoms with Crippen molar-refractivity contribution in [3.05, 3.63) is 18.3 Å². The number of rotatable bonds is 4. The van der Waals surface area contributed by atoms with Gasteiger partial charge < -0.3 is 9.47 Å². The Balaban J connectivity index is 1.71. The number of nitrogens with zero attached hydrogens (tertiary/aromatic N) is 1. The third-order valence-electron chi connectivity index (χ3n) is 3.91. The van der Waals surface area contributed by atoms with Crippen molar-refractivity contribution in [2.45, 2.75) is 36.4 Å². The molecule has 0 aliphatic carbocycles. The maximum atomic E-state index is 12.2. The summed E-state index contributed by atoms with van der Waals surface area (Å²) in [5.74, 6) is -0.579.